The molecule has 0 saturated heterocycles. The Morgan fingerprint density at radius 2 is 1.45 bits per heavy atom. The van der Waals surface area contributed by atoms with Crippen LogP contribution in [0.5, 0.6) is 0 Å². The van der Waals surface area contributed by atoms with Gasteiger partial charge in [0.2, 0.25) is 0 Å². The summed E-state index contributed by atoms with van der Waals surface area (Å²) in [5.41, 5.74) is 0. The molecule has 2 heteroatoms. The first-order valence-corrected chi connectivity index (χ1v) is 9.71. The predicted octanol–water partition coefficient (Wildman–Crippen LogP) is 5.87. The molecule has 1 saturated carbocycles. The number of rotatable bonds is 12. The van der Waals surface area contributed by atoms with Crippen molar-refractivity contribution in [1.82, 2.24) is 0 Å². The average molecular weight is 309 g/mol. The van der Waals surface area contributed by atoms with Gasteiger partial charge in [-0.25, -0.2) is 0 Å². The van der Waals surface area contributed by atoms with Crippen molar-refractivity contribution in [3.05, 3.63) is 0 Å². The highest BCUT2D eigenvalue weighted by atomic mass is 16.1. The summed E-state index contributed by atoms with van der Waals surface area (Å²) in [6.07, 6.45) is 15.0. The SMILES string of the molecule is CCCCCCC(=O)CC(=O)C1CCC(CCCCC)CC1. The quantitative estimate of drug-likeness (QED) is 0.333. The van der Waals surface area contributed by atoms with Crippen LogP contribution in [0.25, 0.3) is 0 Å². The topological polar surface area (TPSA) is 34.1 Å². The number of hydrogen-bond donors (Lipinski definition) is 0. The zero-order valence-corrected chi connectivity index (χ0v) is 14.9. The molecule has 0 amide bonds. The van der Waals surface area contributed by atoms with E-state index in [-0.39, 0.29) is 23.9 Å². The van der Waals surface area contributed by atoms with Crippen LogP contribution >= 0.6 is 0 Å². The number of carbonyl (C=O) groups excluding carboxylic acids is 2. The molecule has 0 spiro atoms. The molecular formula is C20H36O2. The Labute approximate surface area is 137 Å². The van der Waals surface area contributed by atoms with Gasteiger partial charge < -0.3 is 0 Å². The van der Waals surface area contributed by atoms with Crippen LogP contribution in [-0.4, -0.2) is 11.6 Å². The van der Waals surface area contributed by atoms with Gasteiger partial charge in [-0.2, -0.15) is 0 Å². The van der Waals surface area contributed by atoms with Crippen molar-refractivity contribution in [2.45, 2.75) is 104 Å². The maximum Gasteiger partial charge on any atom is 0.143 e. The number of ketones is 2. The van der Waals surface area contributed by atoms with E-state index in [9.17, 15) is 9.59 Å². The lowest BCUT2D eigenvalue weighted by Gasteiger charge is -2.27. The lowest BCUT2D eigenvalue weighted by atomic mass is 9.77. The minimum Gasteiger partial charge on any atom is -0.299 e. The summed E-state index contributed by atoms with van der Waals surface area (Å²) >= 11 is 0. The molecule has 0 radical (unpaired) electrons. The van der Waals surface area contributed by atoms with Crippen LogP contribution in [-0.2, 0) is 9.59 Å². The van der Waals surface area contributed by atoms with E-state index in [0.717, 1.165) is 31.6 Å². The fourth-order valence-corrected chi connectivity index (χ4v) is 3.63. The summed E-state index contributed by atoms with van der Waals surface area (Å²) in [4.78, 5) is 24.1. The van der Waals surface area contributed by atoms with E-state index >= 15 is 0 Å². The maximum absolute atomic E-state index is 12.2. The molecule has 0 unspecified atom stereocenters. The summed E-state index contributed by atoms with van der Waals surface area (Å²) in [5, 5.41) is 0. The van der Waals surface area contributed by atoms with Crippen molar-refractivity contribution in [3.63, 3.8) is 0 Å². The summed E-state index contributed by atoms with van der Waals surface area (Å²) in [7, 11) is 0. The van der Waals surface area contributed by atoms with Gasteiger partial charge in [0.25, 0.3) is 0 Å². The molecule has 2 nitrogen and oxygen atoms in total. The van der Waals surface area contributed by atoms with Gasteiger partial charge in [-0.15, -0.1) is 0 Å². The molecule has 128 valence electrons. The minimum absolute atomic E-state index is 0.172. The van der Waals surface area contributed by atoms with Gasteiger partial charge in [-0.1, -0.05) is 58.8 Å². The van der Waals surface area contributed by atoms with Crippen LogP contribution in [0, 0.1) is 11.8 Å². The van der Waals surface area contributed by atoms with Gasteiger partial charge >= 0.3 is 0 Å². The fraction of sp³-hybridized carbons (Fsp3) is 0.900. The Morgan fingerprint density at radius 1 is 0.818 bits per heavy atom. The van der Waals surface area contributed by atoms with Crippen LogP contribution in [0.15, 0.2) is 0 Å². The molecule has 0 aromatic rings. The third-order valence-corrected chi connectivity index (χ3v) is 5.20. The van der Waals surface area contributed by atoms with E-state index in [2.05, 4.69) is 13.8 Å². The highest BCUT2D eigenvalue weighted by Crippen LogP contribution is 2.33. The van der Waals surface area contributed by atoms with Crippen LogP contribution in [0.3, 0.4) is 0 Å². The molecule has 0 N–H and O–H groups in total. The smallest absolute Gasteiger partial charge is 0.143 e. The van der Waals surface area contributed by atoms with Crippen molar-refractivity contribution in [3.8, 4) is 0 Å². The lowest BCUT2D eigenvalue weighted by Crippen LogP contribution is -2.23. The summed E-state index contributed by atoms with van der Waals surface area (Å²) in [5.74, 6) is 1.42. The van der Waals surface area contributed by atoms with Crippen molar-refractivity contribution in [1.29, 1.82) is 0 Å². The van der Waals surface area contributed by atoms with Gasteiger partial charge in [0.1, 0.15) is 11.6 Å². The van der Waals surface area contributed by atoms with Crippen molar-refractivity contribution < 1.29 is 9.59 Å². The molecule has 1 fully saturated rings. The van der Waals surface area contributed by atoms with Crippen molar-refractivity contribution in [2.75, 3.05) is 0 Å². The van der Waals surface area contributed by atoms with Gasteiger partial charge in [0.05, 0.1) is 6.42 Å². The molecule has 0 bridgehead atoms. The van der Waals surface area contributed by atoms with Gasteiger partial charge in [0, 0.05) is 12.3 Å². The molecule has 1 rings (SSSR count). The standard InChI is InChI=1S/C20H36O2/c1-3-5-7-9-11-19(21)16-20(22)18-14-12-17(13-15-18)10-8-6-4-2/h17-18H,3-16H2,1-2H3. The van der Waals surface area contributed by atoms with E-state index in [1.54, 1.807) is 0 Å². The molecule has 0 heterocycles. The lowest BCUT2D eigenvalue weighted by molar-refractivity contribution is -0.130. The zero-order chi connectivity index (χ0) is 16.2. The summed E-state index contributed by atoms with van der Waals surface area (Å²) in [6, 6.07) is 0. The monoisotopic (exact) mass is 308 g/mol. The number of unbranched alkanes of at least 4 members (excludes halogenated alkanes) is 5. The molecule has 0 aromatic carbocycles. The van der Waals surface area contributed by atoms with E-state index in [4.69, 9.17) is 0 Å². The third-order valence-electron chi connectivity index (χ3n) is 5.20. The third kappa shape index (κ3) is 8.10. The zero-order valence-electron chi connectivity index (χ0n) is 14.9. The van der Waals surface area contributed by atoms with Crippen LogP contribution < -0.4 is 0 Å². The Morgan fingerprint density at radius 3 is 2.09 bits per heavy atom. The van der Waals surface area contributed by atoms with E-state index in [1.807, 2.05) is 0 Å². The normalized spacial score (nSPS) is 21.7. The summed E-state index contributed by atoms with van der Waals surface area (Å²) < 4.78 is 0. The second-order valence-electron chi connectivity index (χ2n) is 7.21. The van der Waals surface area contributed by atoms with Crippen LogP contribution in [0.1, 0.15) is 104 Å². The number of carbonyl (C=O) groups is 2. The van der Waals surface area contributed by atoms with Crippen LogP contribution in [0.4, 0.5) is 0 Å². The number of hydrogen-bond acceptors (Lipinski definition) is 2. The maximum atomic E-state index is 12.2. The first-order chi connectivity index (χ1) is 10.7. The molecule has 1 aliphatic carbocycles. The Kier molecular flexibility index (Phi) is 10.4. The minimum atomic E-state index is 0.172. The van der Waals surface area contributed by atoms with Gasteiger partial charge in [-0.3, -0.25) is 9.59 Å². The van der Waals surface area contributed by atoms with Crippen LogP contribution in [0.2, 0.25) is 0 Å². The largest absolute Gasteiger partial charge is 0.299 e. The predicted molar refractivity (Wildman–Crippen MR) is 93.0 cm³/mol. The van der Waals surface area contributed by atoms with E-state index in [0.29, 0.717) is 6.42 Å². The first kappa shape index (κ1) is 19.4. The van der Waals surface area contributed by atoms with Gasteiger partial charge in [0.15, 0.2) is 0 Å². The highest BCUT2D eigenvalue weighted by Gasteiger charge is 2.26. The molecule has 0 atom stereocenters. The van der Waals surface area contributed by atoms with Gasteiger partial charge in [-0.05, 0) is 38.0 Å². The second kappa shape index (κ2) is 11.8. The molecule has 1 aliphatic rings. The van der Waals surface area contributed by atoms with E-state index in [1.165, 1.54) is 51.4 Å². The highest BCUT2D eigenvalue weighted by molar-refractivity contribution is 6.00. The first-order valence-electron chi connectivity index (χ1n) is 9.71. The van der Waals surface area contributed by atoms with E-state index < -0.39 is 0 Å². The summed E-state index contributed by atoms with van der Waals surface area (Å²) in [6.45, 7) is 4.42. The van der Waals surface area contributed by atoms with Crippen molar-refractivity contribution >= 4 is 11.6 Å². The second-order valence-corrected chi connectivity index (χ2v) is 7.21. The molecular weight excluding hydrogens is 272 g/mol. The molecule has 22 heavy (non-hydrogen) atoms. The molecule has 0 aromatic heterocycles. The Hall–Kier alpha value is -0.660. The van der Waals surface area contributed by atoms with Crippen molar-refractivity contribution in [2.24, 2.45) is 11.8 Å². The molecule has 0 aliphatic heterocycles. The fourth-order valence-electron chi connectivity index (χ4n) is 3.63. The average Bonchev–Trinajstić information content (AvgIpc) is 2.52. The number of Topliss-reactive ketones (excluding diaryl/α,β-unsaturated/α-hetero) is 2. The Balaban J connectivity index is 2.15. The Bertz CT molecular complexity index is 314.